The molecule has 0 saturated carbocycles. The van der Waals surface area contributed by atoms with E-state index in [1.807, 2.05) is 29.2 Å². The average molecular weight is 642 g/mol. The first-order valence-electron chi connectivity index (χ1n) is 15.6. The molecule has 3 aromatic carbocycles. The van der Waals surface area contributed by atoms with Gasteiger partial charge >= 0.3 is 0 Å². The lowest BCUT2D eigenvalue weighted by Gasteiger charge is -2.34. The number of carbonyl (C=O) groups is 2. The highest BCUT2D eigenvalue weighted by atomic mass is 35.5. The number of likely N-dealkylation sites (tertiary alicyclic amines) is 1. The van der Waals surface area contributed by atoms with Crippen molar-refractivity contribution >= 4 is 40.1 Å². The fourth-order valence-corrected chi connectivity index (χ4v) is 6.36. The van der Waals surface area contributed by atoms with Crippen molar-refractivity contribution in [3.05, 3.63) is 111 Å². The molecule has 2 amide bonds. The summed E-state index contributed by atoms with van der Waals surface area (Å²) in [6.45, 7) is 3.02. The van der Waals surface area contributed by atoms with Gasteiger partial charge in [0.2, 0.25) is 5.91 Å². The van der Waals surface area contributed by atoms with Gasteiger partial charge in [-0.05, 0) is 67.5 Å². The van der Waals surface area contributed by atoms with E-state index in [-0.39, 0.29) is 22.6 Å². The number of amides is 2. The molecular formula is C36H36ClN3O6. The van der Waals surface area contributed by atoms with Gasteiger partial charge in [-0.3, -0.25) is 14.4 Å². The molecule has 0 spiro atoms. The Bertz CT molecular complexity index is 1840. The molecule has 4 aromatic rings. The van der Waals surface area contributed by atoms with Gasteiger partial charge in [-0.15, -0.1) is 0 Å². The highest BCUT2D eigenvalue weighted by Crippen LogP contribution is 2.30. The summed E-state index contributed by atoms with van der Waals surface area (Å²) in [5.74, 6) is -1.44. The summed E-state index contributed by atoms with van der Waals surface area (Å²) in [6, 6.07) is 18.7. The third kappa shape index (κ3) is 7.21. The van der Waals surface area contributed by atoms with Crippen LogP contribution < -0.4 is 15.6 Å². The number of nitrogens with one attached hydrogen (secondary N) is 1. The summed E-state index contributed by atoms with van der Waals surface area (Å²) in [6.07, 6.45) is 6.82. The second kappa shape index (κ2) is 13.7. The van der Waals surface area contributed by atoms with E-state index >= 15 is 0 Å². The molecule has 6 rings (SSSR count). The Morgan fingerprint density at radius 1 is 0.935 bits per heavy atom. The van der Waals surface area contributed by atoms with Crippen molar-refractivity contribution in [2.45, 2.75) is 51.1 Å². The molecule has 0 radical (unpaired) electrons. The molecule has 3 N–H and O–H groups in total. The zero-order valence-electron chi connectivity index (χ0n) is 25.4. The summed E-state index contributed by atoms with van der Waals surface area (Å²) in [5.41, 5.74) is 3.98. The number of para-hydroxylation sites is 1. The molecule has 46 heavy (non-hydrogen) atoms. The maximum atomic E-state index is 13.4. The molecule has 3 heterocycles. The predicted octanol–water partition coefficient (Wildman–Crippen LogP) is 5.94. The Morgan fingerprint density at radius 2 is 1.67 bits per heavy atom. The lowest BCUT2D eigenvalue weighted by Crippen LogP contribution is -2.37. The van der Waals surface area contributed by atoms with Gasteiger partial charge in [0.25, 0.3) is 5.91 Å². The quantitative estimate of drug-likeness (QED) is 0.161. The summed E-state index contributed by atoms with van der Waals surface area (Å²) < 4.78 is 5.68. The van der Waals surface area contributed by atoms with E-state index in [1.54, 1.807) is 12.1 Å². The third-order valence-electron chi connectivity index (χ3n) is 8.69. The van der Waals surface area contributed by atoms with Gasteiger partial charge < -0.3 is 29.7 Å². The van der Waals surface area contributed by atoms with E-state index < -0.39 is 28.9 Å². The van der Waals surface area contributed by atoms with E-state index in [9.17, 15) is 24.6 Å². The zero-order valence-corrected chi connectivity index (χ0v) is 26.1. The van der Waals surface area contributed by atoms with E-state index in [2.05, 4.69) is 28.4 Å². The molecular weight excluding hydrogens is 606 g/mol. The van der Waals surface area contributed by atoms with Gasteiger partial charge in [-0.1, -0.05) is 53.6 Å². The fraction of sp³-hybridized carbons (Fsp3) is 0.306. The van der Waals surface area contributed by atoms with Gasteiger partial charge in [0.05, 0.1) is 11.4 Å². The summed E-state index contributed by atoms with van der Waals surface area (Å²) >= 11 is 6.11. The minimum atomic E-state index is -0.569. The number of hydrogen-bond acceptors (Lipinski definition) is 7. The maximum Gasteiger partial charge on any atom is 0.287 e. The van der Waals surface area contributed by atoms with E-state index in [0.29, 0.717) is 24.4 Å². The second-order valence-corrected chi connectivity index (χ2v) is 12.4. The van der Waals surface area contributed by atoms with Crippen LogP contribution >= 0.6 is 11.6 Å². The van der Waals surface area contributed by atoms with Gasteiger partial charge in [-0.2, -0.15) is 0 Å². The smallest absolute Gasteiger partial charge is 0.287 e. The maximum absolute atomic E-state index is 13.4. The second-order valence-electron chi connectivity index (χ2n) is 11.9. The van der Waals surface area contributed by atoms with Gasteiger partial charge in [-0.25, -0.2) is 0 Å². The first-order valence-corrected chi connectivity index (χ1v) is 16.0. The molecule has 0 unspecified atom stereocenters. The van der Waals surface area contributed by atoms with Crippen molar-refractivity contribution in [3.63, 3.8) is 0 Å². The average Bonchev–Trinajstić information content (AvgIpc) is 3.05. The minimum Gasteiger partial charge on any atom is -0.504 e. The van der Waals surface area contributed by atoms with Crippen LogP contribution in [-0.2, 0) is 17.8 Å². The van der Waals surface area contributed by atoms with Crippen molar-refractivity contribution in [1.29, 1.82) is 0 Å². The van der Waals surface area contributed by atoms with Crippen molar-refractivity contribution in [3.8, 4) is 11.5 Å². The predicted molar refractivity (Wildman–Crippen MR) is 177 cm³/mol. The number of phenolic OH excluding ortho intramolecular Hbond substituents is 2. The Kier molecular flexibility index (Phi) is 9.30. The number of hydrogen-bond donors (Lipinski definition) is 3. The monoisotopic (exact) mass is 641 g/mol. The van der Waals surface area contributed by atoms with Crippen LogP contribution in [-0.4, -0.2) is 52.6 Å². The van der Waals surface area contributed by atoms with Crippen LogP contribution in [0.2, 0.25) is 5.02 Å². The van der Waals surface area contributed by atoms with Crippen molar-refractivity contribution < 1.29 is 24.2 Å². The van der Waals surface area contributed by atoms with Gasteiger partial charge in [0.15, 0.2) is 22.7 Å². The van der Waals surface area contributed by atoms with Crippen LogP contribution in [0.1, 0.15) is 53.8 Å². The molecule has 2 saturated heterocycles. The zero-order chi connectivity index (χ0) is 32.2. The molecule has 2 aliphatic rings. The normalized spacial score (nSPS) is 16.0. The summed E-state index contributed by atoms with van der Waals surface area (Å²) in [5, 5.41) is 23.4. The molecule has 238 valence electrons. The van der Waals surface area contributed by atoms with E-state index in [4.69, 9.17) is 16.0 Å². The van der Waals surface area contributed by atoms with Crippen LogP contribution in [0.4, 0.5) is 5.69 Å². The largest absolute Gasteiger partial charge is 0.504 e. The fourth-order valence-electron chi connectivity index (χ4n) is 6.23. The molecule has 9 nitrogen and oxygen atoms in total. The van der Waals surface area contributed by atoms with Crippen molar-refractivity contribution in [2.75, 3.05) is 24.5 Å². The number of aromatic hydroxyl groups is 2. The minimum absolute atomic E-state index is 0.00198. The number of benzene rings is 3. The Hall–Kier alpha value is -4.76. The number of anilines is 1. The molecule has 2 fully saturated rings. The Balaban J connectivity index is 1.19. The standard InChI is InChI=1S/C36H36ClN3O6/c37-26-10-8-23(9-11-26)17-27(38-36(45)34-20-30(41)28-19-31(42)32(43)21-33(28)46-34)18-24-12-15-39(16-13-24)29-6-2-1-5-25(29)22-40-14-4-3-7-35(40)44/h1-2,5-6,8-11,18-21,27,42-43H,3-4,7,12-17,22H2,(H,38,45)/t27-/m1/s1. The number of carbonyl (C=O) groups excluding carboxylic acids is 2. The van der Waals surface area contributed by atoms with Crippen LogP contribution in [0, 0.1) is 0 Å². The number of rotatable bonds is 8. The molecule has 10 heteroatoms. The highest BCUT2D eigenvalue weighted by molar-refractivity contribution is 6.30. The number of nitrogens with zero attached hydrogens (tertiary/aromatic N) is 2. The number of fused-ring (bicyclic) bond motifs is 1. The van der Waals surface area contributed by atoms with Gasteiger partial charge in [0.1, 0.15) is 5.58 Å². The lowest BCUT2D eigenvalue weighted by molar-refractivity contribution is -0.133. The van der Waals surface area contributed by atoms with E-state index in [0.717, 1.165) is 80.3 Å². The molecule has 1 atom stereocenters. The molecule has 2 aliphatic heterocycles. The van der Waals surface area contributed by atoms with Crippen LogP contribution in [0.25, 0.3) is 11.0 Å². The highest BCUT2D eigenvalue weighted by Gasteiger charge is 2.23. The Morgan fingerprint density at radius 3 is 2.43 bits per heavy atom. The van der Waals surface area contributed by atoms with Crippen molar-refractivity contribution in [1.82, 2.24) is 10.2 Å². The van der Waals surface area contributed by atoms with Crippen LogP contribution in [0.5, 0.6) is 11.5 Å². The first-order chi connectivity index (χ1) is 22.2. The molecule has 1 aromatic heterocycles. The first kappa shape index (κ1) is 31.2. The topological polar surface area (TPSA) is 123 Å². The van der Waals surface area contributed by atoms with E-state index in [1.165, 1.54) is 5.57 Å². The number of piperidine rings is 2. The lowest BCUT2D eigenvalue weighted by atomic mass is 9.97. The Labute approximate surface area is 271 Å². The molecule has 0 bridgehead atoms. The van der Waals surface area contributed by atoms with Crippen LogP contribution in [0.3, 0.4) is 0 Å². The summed E-state index contributed by atoms with van der Waals surface area (Å²) in [4.78, 5) is 42.9. The molecule has 0 aliphatic carbocycles. The summed E-state index contributed by atoms with van der Waals surface area (Å²) in [7, 11) is 0. The van der Waals surface area contributed by atoms with Gasteiger partial charge in [0, 0.05) is 55.4 Å². The number of phenols is 2. The third-order valence-corrected chi connectivity index (χ3v) is 8.94. The number of halogens is 1. The van der Waals surface area contributed by atoms with Crippen molar-refractivity contribution in [2.24, 2.45) is 0 Å². The SMILES string of the molecule is O=C(N[C@@H](C=C1CCN(c2ccccc2CN2CCCCC2=O)CC1)Cc1ccc(Cl)cc1)c1cc(=O)c2cc(O)c(O)cc2o1. The van der Waals surface area contributed by atoms with Crippen LogP contribution in [0.15, 0.2) is 87.6 Å².